The van der Waals surface area contributed by atoms with E-state index >= 15 is 0 Å². The van der Waals surface area contributed by atoms with Gasteiger partial charge in [-0.15, -0.1) is 11.8 Å². The summed E-state index contributed by atoms with van der Waals surface area (Å²) < 4.78 is 10.9. The molecule has 0 aliphatic carbocycles. The van der Waals surface area contributed by atoms with Crippen molar-refractivity contribution >= 4 is 17.4 Å². The Bertz CT molecular complexity index is 370. The first-order valence-electron chi connectivity index (χ1n) is 5.79. The summed E-state index contributed by atoms with van der Waals surface area (Å²) in [5.74, 6) is 1.35. The number of ether oxygens (including phenoxy) is 2. The summed E-state index contributed by atoms with van der Waals surface area (Å²) in [6, 6.07) is 0. The smallest absolute Gasteiger partial charge is 0.241 e. The van der Waals surface area contributed by atoms with Gasteiger partial charge < -0.3 is 15.2 Å². The van der Waals surface area contributed by atoms with Crippen LogP contribution in [0.3, 0.4) is 0 Å². The molecular formula is C11H17N3O2S. The maximum absolute atomic E-state index is 5.94. The number of anilines is 1. The number of nitrogen functional groups attached to an aromatic ring is 1. The van der Waals surface area contributed by atoms with Crippen LogP contribution in [0.15, 0.2) is 11.4 Å². The van der Waals surface area contributed by atoms with Crippen LogP contribution < -0.4 is 10.5 Å². The van der Waals surface area contributed by atoms with Crippen LogP contribution in [0, 0.1) is 0 Å². The Morgan fingerprint density at radius 1 is 1.59 bits per heavy atom. The van der Waals surface area contributed by atoms with Gasteiger partial charge in [0, 0.05) is 12.4 Å². The third-order valence-electron chi connectivity index (χ3n) is 2.52. The summed E-state index contributed by atoms with van der Waals surface area (Å²) in [5.41, 5.74) is 6.47. The monoisotopic (exact) mass is 255 g/mol. The maximum atomic E-state index is 5.94. The van der Waals surface area contributed by atoms with Crippen molar-refractivity contribution in [2.45, 2.75) is 30.9 Å². The zero-order valence-corrected chi connectivity index (χ0v) is 10.7. The second-order valence-electron chi connectivity index (χ2n) is 3.78. The average molecular weight is 255 g/mol. The van der Waals surface area contributed by atoms with E-state index < -0.39 is 0 Å². The summed E-state index contributed by atoms with van der Waals surface area (Å²) in [6.45, 7) is 3.33. The molecule has 2 N–H and O–H groups in total. The molecule has 1 unspecified atom stereocenters. The first-order chi connectivity index (χ1) is 8.31. The Labute approximate surface area is 105 Å². The third kappa shape index (κ3) is 3.23. The van der Waals surface area contributed by atoms with Crippen molar-refractivity contribution in [1.29, 1.82) is 0 Å². The molecule has 2 heterocycles. The van der Waals surface area contributed by atoms with E-state index in [4.69, 9.17) is 15.2 Å². The van der Waals surface area contributed by atoms with Gasteiger partial charge in [-0.2, -0.15) is 4.98 Å². The minimum Gasteiger partial charge on any atom is -0.476 e. The lowest BCUT2D eigenvalue weighted by Crippen LogP contribution is -2.09. The van der Waals surface area contributed by atoms with Gasteiger partial charge in [0.05, 0.1) is 12.7 Å². The molecule has 0 aromatic carbocycles. The standard InChI is InChI=1S/C11H17N3O2S/c1-2-15-10-9(12)11(14-7-13-10)17-6-8-4-3-5-16-8/h7-8H,2-6,12H2,1H3. The van der Waals surface area contributed by atoms with Gasteiger partial charge in [0.25, 0.3) is 0 Å². The molecule has 1 saturated heterocycles. The number of rotatable bonds is 5. The zero-order valence-electron chi connectivity index (χ0n) is 9.89. The molecule has 1 atom stereocenters. The Kier molecular flexibility index (Phi) is 4.44. The van der Waals surface area contributed by atoms with Crippen LogP contribution in [0.2, 0.25) is 0 Å². The lowest BCUT2D eigenvalue weighted by atomic mass is 10.3. The molecule has 6 heteroatoms. The van der Waals surface area contributed by atoms with E-state index in [0.717, 1.165) is 30.2 Å². The Morgan fingerprint density at radius 2 is 2.47 bits per heavy atom. The first kappa shape index (κ1) is 12.4. The maximum Gasteiger partial charge on any atom is 0.241 e. The molecule has 5 nitrogen and oxygen atoms in total. The number of thioether (sulfide) groups is 1. The quantitative estimate of drug-likeness (QED) is 0.638. The van der Waals surface area contributed by atoms with Crippen LogP contribution >= 0.6 is 11.8 Å². The van der Waals surface area contributed by atoms with Gasteiger partial charge in [-0.1, -0.05) is 0 Å². The highest BCUT2D eigenvalue weighted by Gasteiger charge is 2.17. The molecule has 0 radical (unpaired) electrons. The predicted molar refractivity (Wildman–Crippen MR) is 67.3 cm³/mol. The number of nitrogens with zero attached hydrogens (tertiary/aromatic N) is 2. The lowest BCUT2D eigenvalue weighted by molar-refractivity contribution is 0.129. The van der Waals surface area contributed by atoms with E-state index in [2.05, 4.69) is 9.97 Å². The highest BCUT2D eigenvalue weighted by Crippen LogP contribution is 2.30. The summed E-state index contributed by atoms with van der Waals surface area (Å²) in [4.78, 5) is 8.18. The fourth-order valence-electron chi connectivity index (χ4n) is 1.68. The van der Waals surface area contributed by atoms with Gasteiger partial charge in [-0.3, -0.25) is 0 Å². The van der Waals surface area contributed by atoms with E-state index in [-0.39, 0.29) is 0 Å². The number of nitrogens with two attached hydrogens (primary N) is 1. The summed E-state index contributed by atoms with van der Waals surface area (Å²) in [7, 11) is 0. The molecule has 17 heavy (non-hydrogen) atoms. The summed E-state index contributed by atoms with van der Waals surface area (Å²) >= 11 is 1.60. The van der Waals surface area contributed by atoms with Gasteiger partial charge in [0.15, 0.2) is 0 Å². The molecular weight excluding hydrogens is 238 g/mol. The lowest BCUT2D eigenvalue weighted by Gasteiger charge is -2.11. The molecule has 1 fully saturated rings. The number of hydrogen-bond acceptors (Lipinski definition) is 6. The van der Waals surface area contributed by atoms with Gasteiger partial charge >= 0.3 is 0 Å². The van der Waals surface area contributed by atoms with Crippen LogP contribution in [0.1, 0.15) is 19.8 Å². The number of aromatic nitrogens is 2. The molecule has 0 bridgehead atoms. The molecule has 94 valence electrons. The zero-order chi connectivity index (χ0) is 12.1. The van der Waals surface area contributed by atoms with E-state index in [9.17, 15) is 0 Å². The van der Waals surface area contributed by atoms with Crippen LogP contribution in [0.5, 0.6) is 5.88 Å². The summed E-state index contributed by atoms with van der Waals surface area (Å²) in [6.07, 6.45) is 4.08. The van der Waals surface area contributed by atoms with E-state index in [1.54, 1.807) is 11.8 Å². The van der Waals surface area contributed by atoms with Crippen molar-refractivity contribution in [2.75, 3.05) is 24.7 Å². The second-order valence-corrected chi connectivity index (χ2v) is 4.79. The van der Waals surface area contributed by atoms with Gasteiger partial charge in [-0.25, -0.2) is 4.98 Å². The van der Waals surface area contributed by atoms with Crippen molar-refractivity contribution in [3.63, 3.8) is 0 Å². The van der Waals surface area contributed by atoms with Crippen molar-refractivity contribution in [2.24, 2.45) is 0 Å². The normalized spacial score (nSPS) is 19.5. The largest absolute Gasteiger partial charge is 0.476 e. The van der Waals surface area contributed by atoms with Gasteiger partial charge in [0.2, 0.25) is 5.88 Å². The molecule has 0 amide bonds. The van der Waals surface area contributed by atoms with Crippen LogP contribution in [-0.2, 0) is 4.74 Å². The molecule has 0 saturated carbocycles. The second kappa shape index (κ2) is 6.07. The number of hydrogen-bond donors (Lipinski definition) is 1. The molecule has 1 aromatic heterocycles. The molecule has 1 aliphatic rings. The van der Waals surface area contributed by atoms with Crippen molar-refractivity contribution < 1.29 is 9.47 Å². The van der Waals surface area contributed by atoms with Crippen LogP contribution in [-0.4, -0.2) is 35.0 Å². The van der Waals surface area contributed by atoms with E-state index in [1.807, 2.05) is 6.92 Å². The van der Waals surface area contributed by atoms with Crippen molar-refractivity contribution in [3.8, 4) is 5.88 Å². The molecule has 1 aliphatic heterocycles. The first-order valence-corrected chi connectivity index (χ1v) is 6.77. The Morgan fingerprint density at radius 3 is 3.18 bits per heavy atom. The van der Waals surface area contributed by atoms with Crippen molar-refractivity contribution in [3.05, 3.63) is 6.33 Å². The topological polar surface area (TPSA) is 70.3 Å². The third-order valence-corrected chi connectivity index (χ3v) is 3.66. The van der Waals surface area contributed by atoms with E-state index in [0.29, 0.717) is 24.3 Å². The van der Waals surface area contributed by atoms with E-state index in [1.165, 1.54) is 6.33 Å². The SMILES string of the molecule is CCOc1ncnc(SCC2CCCO2)c1N. The fourth-order valence-corrected chi connectivity index (χ4v) is 2.65. The molecule has 0 spiro atoms. The molecule has 1 aromatic rings. The highest BCUT2D eigenvalue weighted by molar-refractivity contribution is 7.99. The highest BCUT2D eigenvalue weighted by atomic mass is 32.2. The predicted octanol–water partition coefficient (Wildman–Crippen LogP) is 1.73. The van der Waals surface area contributed by atoms with Gasteiger partial charge in [0.1, 0.15) is 17.0 Å². The van der Waals surface area contributed by atoms with Crippen LogP contribution in [0.25, 0.3) is 0 Å². The van der Waals surface area contributed by atoms with Crippen molar-refractivity contribution in [1.82, 2.24) is 9.97 Å². The van der Waals surface area contributed by atoms with Gasteiger partial charge in [-0.05, 0) is 19.8 Å². The minimum atomic E-state index is 0.324. The Balaban J connectivity index is 1.97. The molecule has 2 rings (SSSR count). The fraction of sp³-hybridized carbons (Fsp3) is 0.636. The summed E-state index contributed by atoms with van der Waals surface area (Å²) in [5, 5.41) is 0.777. The minimum absolute atomic E-state index is 0.324. The average Bonchev–Trinajstić information content (AvgIpc) is 2.83. The Hall–Kier alpha value is -1.01. The van der Waals surface area contributed by atoms with Crippen LogP contribution in [0.4, 0.5) is 5.69 Å².